The normalized spacial score (nSPS) is 12.1. The number of hydrogen-bond acceptors (Lipinski definition) is 1. The second-order valence-corrected chi connectivity index (χ2v) is 3.00. The first-order valence-corrected chi connectivity index (χ1v) is 4.19. The Balaban J connectivity index is 3.25. The molecule has 0 aliphatic carbocycles. The van der Waals surface area contributed by atoms with Crippen molar-refractivity contribution in [1.82, 2.24) is 0 Å². The number of aliphatic carboxylic acids is 1. The van der Waals surface area contributed by atoms with Crippen LogP contribution < -0.4 is 0 Å². The van der Waals surface area contributed by atoms with Gasteiger partial charge in [-0.3, -0.25) is 0 Å². The molecule has 0 fully saturated rings. The highest BCUT2D eigenvalue weighted by Gasteiger charge is 2.35. The smallest absolute Gasteiger partial charge is 0.419 e. The molecule has 0 aromatic heterocycles. The van der Waals surface area contributed by atoms with E-state index in [0.29, 0.717) is 24.3 Å². The molecule has 1 rings (SSSR count). The molecule has 1 aromatic rings. The fraction of sp³-hybridized carbons (Fsp3) is 0.100. The van der Waals surface area contributed by atoms with E-state index in [1.54, 1.807) is 0 Å². The molecular formula is C10H5F5O2. The molecule has 0 atom stereocenters. The number of carboxylic acid groups (broad SMARTS) is 1. The van der Waals surface area contributed by atoms with Crippen LogP contribution in [-0.4, -0.2) is 11.1 Å². The van der Waals surface area contributed by atoms with Crippen LogP contribution in [0.25, 0.3) is 6.08 Å². The van der Waals surface area contributed by atoms with E-state index in [1.165, 1.54) is 0 Å². The summed E-state index contributed by atoms with van der Waals surface area (Å²) in [5.74, 6) is -5.22. The maximum Gasteiger partial charge on any atom is 0.419 e. The Kier molecular flexibility index (Phi) is 3.50. The summed E-state index contributed by atoms with van der Waals surface area (Å²) < 4.78 is 62.6. The summed E-state index contributed by atoms with van der Waals surface area (Å²) in [5.41, 5.74) is -2.31. The molecule has 0 saturated carbocycles. The average Bonchev–Trinajstić information content (AvgIpc) is 2.18. The van der Waals surface area contributed by atoms with Crippen LogP contribution in [0, 0.1) is 11.6 Å². The fourth-order valence-electron chi connectivity index (χ4n) is 1.07. The van der Waals surface area contributed by atoms with E-state index >= 15 is 0 Å². The zero-order valence-electron chi connectivity index (χ0n) is 8.05. The fourth-order valence-corrected chi connectivity index (χ4v) is 1.07. The minimum absolute atomic E-state index is 0.347. The summed E-state index contributed by atoms with van der Waals surface area (Å²) in [5, 5.41) is 8.24. The molecule has 17 heavy (non-hydrogen) atoms. The van der Waals surface area contributed by atoms with Gasteiger partial charge in [0, 0.05) is 11.6 Å². The average molecular weight is 252 g/mol. The van der Waals surface area contributed by atoms with Gasteiger partial charge in [-0.2, -0.15) is 13.2 Å². The van der Waals surface area contributed by atoms with Crippen LogP contribution in [0.3, 0.4) is 0 Å². The van der Waals surface area contributed by atoms with Gasteiger partial charge in [0.05, 0.1) is 5.56 Å². The van der Waals surface area contributed by atoms with Crippen LogP contribution in [0.5, 0.6) is 0 Å². The third-order valence-corrected chi connectivity index (χ3v) is 1.82. The van der Waals surface area contributed by atoms with Gasteiger partial charge in [-0.15, -0.1) is 0 Å². The first-order valence-electron chi connectivity index (χ1n) is 4.19. The summed E-state index contributed by atoms with van der Waals surface area (Å²) >= 11 is 0. The minimum Gasteiger partial charge on any atom is -0.478 e. The largest absolute Gasteiger partial charge is 0.478 e. The van der Waals surface area contributed by atoms with Crippen molar-refractivity contribution in [2.45, 2.75) is 6.18 Å². The van der Waals surface area contributed by atoms with Crippen molar-refractivity contribution >= 4 is 12.0 Å². The van der Waals surface area contributed by atoms with Gasteiger partial charge in [0.2, 0.25) is 0 Å². The zero-order valence-corrected chi connectivity index (χ0v) is 8.05. The first-order chi connectivity index (χ1) is 7.73. The molecule has 0 spiro atoms. The highest BCUT2D eigenvalue weighted by Crippen LogP contribution is 2.33. The number of carboxylic acids is 1. The Morgan fingerprint density at radius 1 is 1.18 bits per heavy atom. The third-order valence-electron chi connectivity index (χ3n) is 1.82. The van der Waals surface area contributed by atoms with Crippen molar-refractivity contribution in [3.63, 3.8) is 0 Å². The Morgan fingerprint density at radius 3 is 2.24 bits per heavy atom. The summed E-state index contributed by atoms with van der Waals surface area (Å²) in [6.07, 6.45) is -3.84. The van der Waals surface area contributed by atoms with Gasteiger partial charge in [-0.1, -0.05) is 6.07 Å². The highest BCUT2D eigenvalue weighted by molar-refractivity contribution is 5.85. The molecule has 1 N–H and O–H groups in total. The second-order valence-electron chi connectivity index (χ2n) is 3.00. The predicted octanol–water partition coefficient (Wildman–Crippen LogP) is 3.08. The number of carbonyl (C=O) groups is 1. The number of alkyl halides is 3. The van der Waals surface area contributed by atoms with Gasteiger partial charge in [-0.25, -0.2) is 13.6 Å². The van der Waals surface area contributed by atoms with E-state index in [2.05, 4.69) is 0 Å². The van der Waals surface area contributed by atoms with Gasteiger partial charge in [0.1, 0.15) is 0 Å². The zero-order chi connectivity index (χ0) is 13.2. The monoisotopic (exact) mass is 252 g/mol. The molecule has 1 aromatic carbocycles. The Bertz CT molecular complexity index is 476. The van der Waals surface area contributed by atoms with Crippen LogP contribution in [0.1, 0.15) is 11.1 Å². The molecule has 0 aliphatic heterocycles. The van der Waals surface area contributed by atoms with Crippen LogP contribution in [-0.2, 0) is 11.0 Å². The van der Waals surface area contributed by atoms with Crippen molar-refractivity contribution in [2.75, 3.05) is 0 Å². The Labute approximate surface area is 92.0 Å². The van der Waals surface area contributed by atoms with Gasteiger partial charge in [0.25, 0.3) is 0 Å². The van der Waals surface area contributed by atoms with E-state index < -0.39 is 34.9 Å². The maximum atomic E-state index is 13.1. The molecule has 2 nitrogen and oxygen atoms in total. The summed E-state index contributed by atoms with van der Waals surface area (Å²) in [6, 6.07) is 1.00. The molecule has 0 radical (unpaired) electrons. The standard InChI is InChI=1S/C10H5F5O2/c11-8-5(2-4-7(16)17)1-3-6(9(8)12)10(13,14)15/h1-4H,(H,16,17)/b4-2+. The van der Waals surface area contributed by atoms with Gasteiger partial charge >= 0.3 is 12.1 Å². The summed E-state index contributed by atoms with van der Waals surface area (Å²) in [4.78, 5) is 10.1. The number of rotatable bonds is 2. The maximum absolute atomic E-state index is 13.1. The lowest BCUT2D eigenvalue weighted by atomic mass is 10.1. The van der Waals surface area contributed by atoms with Crippen LogP contribution in [0.2, 0.25) is 0 Å². The van der Waals surface area contributed by atoms with E-state index in [1.807, 2.05) is 0 Å². The van der Waals surface area contributed by atoms with E-state index in [-0.39, 0.29) is 0 Å². The van der Waals surface area contributed by atoms with Gasteiger partial charge in [0.15, 0.2) is 11.6 Å². The van der Waals surface area contributed by atoms with Crippen molar-refractivity contribution in [3.8, 4) is 0 Å². The van der Waals surface area contributed by atoms with E-state index in [9.17, 15) is 26.7 Å². The van der Waals surface area contributed by atoms with Crippen LogP contribution in [0.4, 0.5) is 22.0 Å². The topological polar surface area (TPSA) is 37.3 Å². The van der Waals surface area contributed by atoms with Crippen molar-refractivity contribution in [2.24, 2.45) is 0 Å². The quantitative estimate of drug-likeness (QED) is 0.648. The van der Waals surface area contributed by atoms with Crippen molar-refractivity contribution < 1.29 is 31.9 Å². The molecular weight excluding hydrogens is 247 g/mol. The molecule has 0 unspecified atom stereocenters. The second kappa shape index (κ2) is 4.52. The summed E-state index contributed by atoms with van der Waals surface area (Å²) in [7, 11) is 0. The minimum atomic E-state index is -5.00. The summed E-state index contributed by atoms with van der Waals surface area (Å²) in [6.45, 7) is 0. The highest BCUT2D eigenvalue weighted by atomic mass is 19.4. The van der Waals surface area contributed by atoms with Crippen LogP contribution in [0.15, 0.2) is 18.2 Å². The first kappa shape index (κ1) is 13.1. The van der Waals surface area contributed by atoms with Gasteiger partial charge in [-0.05, 0) is 12.1 Å². The lowest BCUT2D eigenvalue weighted by molar-refractivity contribution is -0.140. The predicted molar refractivity (Wildman–Crippen MR) is 48.0 cm³/mol. The molecule has 0 aliphatic rings. The van der Waals surface area contributed by atoms with Crippen molar-refractivity contribution in [3.05, 3.63) is 41.0 Å². The van der Waals surface area contributed by atoms with E-state index in [4.69, 9.17) is 5.11 Å². The van der Waals surface area contributed by atoms with Crippen molar-refractivity contribution in [1.29, 1.82) is 0 Å². The van der Waals surface area contributed by atoms with Crippen LogP contribution >= 0.6 is 0 Å². The lowest BCUT2D eigenvalue weighted by Crippen LogP contribution is -2.10. The Morgan fingerprint density at radius 2 is 1.76 bits per heavy atom. The Hall–Kier alpha value is -1.92. The molecule has 0 amide bonds. The van der Waals surface area contributed by atoms with Gasteiger partial charge < -0.3 is 5.11 Å². The number of halogens is 5. The van der Waals surface area contributed by atoms with E-state index in [0.717, 1.165) is 0 Å². The molecule has 0 heterocycles. The number of benzene rings is 1. The number of hydrogen-bond donors (Lipinski definition) is 1. The third kappa shape index (κ3) is 3.02. The SMILES string of the molecule is O=C(O)/C=C/c1ccc(C(F)(F)F)c(F)c1F. The molecule has 7 heteroatoms. The molecule has 0 saturated heterocycles. The molecule has 92 valence electrons. The lowest BCUT2D eigenvalue weighted by Gasteiger charge is -2.09. The molecule has 0 bridgehead atoms.